The van der Waals surface area contributed by atoms with Gasteiger partial charge in [-0.15, -0.1) is 0 Å². The van der Waals surface area contributed by atoms with Gasteiger partial charge in [0.05, 0.1) is 12.2 Å². The second kappa shape index (κ2) is 8.27. The molecule has 28 heavy (non-hydrogen) atoms. The molecule has 4 rings (SSSR count). The zero-order valence-corrected chi connectivity index (χ0v) is 15.9. The van der Waals surface area contributed by atoms with Crippen molar-refractivity contribution in [3.05, 3.63) is 77.6 Å². The average Bonchev–Trinajstić information content (AvgIpc) is 3.29. The molecule has 1 aliphatic heterocycles. The number of piperazine rings is 1. The predicted octanol–water partition coefficient (Wildman–Crippen LogP) is 3.55. The van der Waals surface area contributed by atoms with Crippen molar-refractivity contribution in [2.75, 3.05) is 19.6 Å². The number of hydrogen-bond acceptors (Lipinski definition) is 4. The smallest absolute Gasteiger partial charge is 0.253 e. The largest absolute Gasteiger partial charge is 0.457 e. The second-order valence-electron chi connectivity index (χ2n) is 6.91. The number of nitrogens with one attached hydrogen (secondary N) is 2. The van der Waals surface area contributed by atoms with Crippen LogP contribution in [0.4, 0.5) is 0 Å². The molecule has 2 aromatic carbocycles. The maximum Gasteiger partial charge on any atom is 0.253 e. The van der Waals surface area contributed by atoms with Crippen LogP contribution in [0.2, 0.25) is 0 Å². The summed E-state index contributed by atoms with van der Waals surface area (Å²) in [6.45, 7) is 4.20. The molecule has 6 nitrogen and oxygen atoms in total. The van der Waals surface area contributed by atoms with E-state index < -0.39 is 0 Å². The molecule has 144 valence electrons. The van der Waals surface area contributed by atoms with Gasteiger partial charge in [0.15, 0.2) is 0 Å². The van der Waals surface area contributed by atoms with Crippen LogP contribution < -0.4 is 10.1 Å². The Morgan fingerprint density at radius 3 is 2.50 bits per heavy atom. The highest BCUT2D eigenvalue weighted by Crippen LogP contribution is 2.23. The Hall–Kier alpha value is -3.12. The number of carbonyl (C=O) groups is 1. The minimum atomic E-state index is 0.0360. The Bertz CT molecular complexity index is 905. The highest BCUT2D eigenvalue weighted by molar-refractivity contribution is 5.94. The van der Waals surface area contributed by atoms with E-state index in [9.17, 15) is 4.79 Å². The number of rotatable bonds is 5. The number of benzene rings is 2. The fourth-order valence-electron chi connectivity index (χ4n) is 3.39. The van der Waals surface area contributed by atoms with Gasteiger partial charge < -0.3 is 15.0 Å². The van der Waals surface area contributed by atoms with Crippen LogP contribution in [0.15, 0.2) is 60.9 Å². The standard InChI is InChI=1S/C22H24N4O2/c1-2-16-3-7-19(8-4-16)28-20-9-5-17(6-10-20)22(27)26-12-11-23-21(15-26)18-13-24-25-14-18/h3-10,13-14,21,23H,2,11-12,15H2,1H3,(H,24,25). The number of hydrogen-bond donors (Lipinski definition) is 2. The van der Waals surface area contributed by atoms with E-state index >= 15 is 0 Å². The van der Waals surface area contributed by atoms with Gasteiger partial charge in [0, 0.05) is 37.0 Å². The molecule has 1 fully saturated rings. The highest BCUT2D eigenvalue weighted by Gasteiger charge is 2.25. The molecule has 2 heterocycles. The molecular weight excluding hydrogens is 352 g/mol. The van der Waals surface area contributed by atoms with Crippen LogP contribution in [0.25, 0.3) is 0 Å². The molecule has 3 aromatic rings. The van der Waals surface area contributed by atoms with E-state index in [0.29, 0.717) is 18.7 Å². The summed E-state index contributed by atoms with van der Waals surface area (Å²) in [5.41, 5.74) is 3.01. The lowest BCUT2D eigenvalue weighted by atomic mass is 10.1. The number of aromatic amines is 1. The molecule has 0 saturated carbocycles. The van der Waals surface area contributed by atoms with Gasteiger partial charge in [-0.3, -0.25) is 9.89 Å². The molecule has 0 spiro atoms. The van der Waals surface area contributed by atoms with Crippen molar-refractivity contribution < 1.29 is 9.53 Å². The van der Waals surface area contributed by atoms with Gasteiger partial charge in [-0.2, -0.15) is 5.10 Å². The summed E-state index contributed by atoms with van der Waals surface area (Å²) < 4.78 is 5.88. The van der Waals surface area contributed by atoms with Crippen molar-refractivity contribution in [2.24, 2.45) is 0 Å². The molecule has 0 bridgehead atoms. The van der Waals surface area contributed by atoms with Crippen molar-refractivity contribution >= 4 is 5.91 Å². The van der Waals surface area contributed by atoms with Gasteiger partial charge in [-0.25, -0.2) is 0 Å². The fourth-order valence-corrected chi connectivity index (χ4v) is 3.39. The van der Waals surface area contributed by atoms with Crippen LogP contribution in [-0.2, 0) is 6.42 Å². The van der Waals surface area contributed by atoms with E-state index in [2.05, 4.69) is 34.6 Å². The van der Waals surface area contributed by atoms with E-state index in [1.807, 2.05) is 47.5 Å². The SMILES string of the molecule is CCc1ccc(Oc2ccc(C(=O)N3CCNC(c4cn[nH]c4)C3)cc2)cc1. The second-order valence-corrected chi connectivity index (χ2v) is 6.91. The Balaban J connectivity index is 1.40. The number of ether oxygens (including phenoxy) is 1. The third kappa shape index (κ3) is 4.07. The normalized spacial score (nSPS) is 16.8. The summed E-state index contributed by atoms with van der Waals surface area (Å²) in [5.74, 6) is 1.55. The van der Waals surface area contributed by atoms with Gasteiger partial charge in [0.2, 0.25) is 0 Å². The summed E-state index contributed by atoms with van der Waals surface area (Å²) >= 11 is 0. The first-order chi connectivity index (χ1) is 13.7. The lowest BCUT2D eigenvalue weighted by molar-refractivity contribution is 0.0703. The van der Waals surface area contributed by atoms with Crippen LogP contribution in [0.1, 0.15) is 34.5 Å². The predicted molar refractivity (Wildman–Crippen MR) is 108 cm³/mol. The zero-order chi connectivity index (χ0) is 19.3. The Morgan fingerprint density at radius 1 is 1.14 bits per heavy atom. The molecule has 0 aliphatic carbocycles. The minimum absolute atomic E-state index is 0.0360. The van der Waals surface area contributed by atoms with Crippen molar-refractivity contribution in [1.82, 2.24) is 20.4 Å². The number of aromatic nitrogens is 2. The summed E-state index contributed by atoms with van der Waals surface area (Å²) in [4.78, 5) is 14.8. The Morgan fingerprint density at radius 2 is 1.86 bits per heavy atom. The summed E-state index contributed by atoms with van der Waals surface area (Å²) in [6.07, 6.45) is 4.67. The highest BCUT2D eigenvalue weighted by atomic mass is 16.5. The first-order valence-corrected chi connectivity index (χ1v) is 9.61. The molecule has 1 unspecified atom stereocenters. The average molecular weight is 376 g/mol. The topological polar surface area (TPSA) is 70.2 Å². The molecule has 1 saturated heterocycles. The van der Waals surface area contributed by atoms with E-state index in [-0.39, 0.29) is 11.9 Å². The number of aryl methyl sites for hydroxylation is 1. The van der Waals surface area contributed by atoms with Gasteiger partial charge in [0.1, 0.15) is 11.5 Å². The maximum atomic E-state index is 12.9. The minimum Gasteiger partial charge on any atom is -0.457 e. The number of nitrogens with zero attached hydrogens (tertiary/aromatic N) is 2. The quantitative estimate of drug-likeness (QED) is 0.714. The molecule has 1 atom stereocenters. The lowest BCUT2D eigenvalue weighted by Gasteiger charge is -2.33. The van der Waals surface area contributed by atoms with Crippen molar-refractivity contribution in [3.8, 4) is 11.5 Å². The molecule has 1 aromatic heterocycles. The third-order valence-electron chi connectivity index (χ3n) is 5.05. The fraction of sp³-hybridized carbons (Fsp3) is 0.273. The van der Waals surface area contributed by atoms with E-state index in [0.717, 1.165) is 30.0 Å². The lowest BCUT2D eigenvalue weighted by Crippen LogP contribution is -2.48. The van der Waals surface area contributed by atoms with Crippen LogP contribution in [0.5, 0.6) is 11.5 Å². The molecule has 2 N–H and O–H groups in total. The van der Waals surface area contributed by atoms with Crippen molar-refractivity contribution in [3.63, 3.8) is 0 Å². The summed E-state index contributed by atoms with van der Waals surface area (Å²) in [6, 6.07) is 15.5. The molecule has 1 aliphatic rings. The van der Waals surface area contributed by atoms with Crippen LogP contribution >= 0.6 is 0 Å². The number of amides is 1. The van der Waals surface area contributed by atoms with Gasteiger partial charge in [-0.05, 0) is 48.4 Å². The van der Waals surface area contributed by atoms with Crippen LogP contribution in [0, 0.1) is 0 Å². The number of carbonyl (C=O) groups excluding carboxylic acids is 1. The van der Waals surface area contributed by atoms with Gasteiger partial charge in [-0.1, -0.05) is 19.1 Å². The molecule has 1 amide bonds. The zero-order valence-electron chi connectivity index (χ0n) is 15.9. The summed E-state index contributed by atoms with van der Waals surface area (Å²) in [5, 5.41) is 10.3. The monoisotopic (exact) mass is 376 g/mol. The first-order valence-electron chi connectivity index (χ1n) is 9.61. The van der Waals surface area contributed by atoms with E-state index in [1.165, 1.54) is 5.56 Å². The van der Waals surface area contributed by atoms with Crippen LogP contribution in [0.3, 0.4) is 0 Å². The van der Waals surface area contributed by atoms with E-state index in [1.54, 1.807) is 6.20 Å². The first kappa shape index (κ1) is 18.3. The van der Waals surface area contributed by atoms with Gasteiger partial charge >= 0.3 is 0 Å². The molecule has 0 radical (unpaired) electrons. The van der Waals surface area contributed by atoms with Gasteiger partial charge in [0.25, 0.3) is 5.91 Å². The molecule has 6 heteroatoms. The third-order valence-corrected chi connectivity index (χ3v) is 5.05. The van der Waals surface area contributed by atoms with Crippen molar-refractivity contribution in [1.29, 1.82) is 0 Å². The molecular formula is C22H24N4O2. The Kier molecular flexibility index (Phi) is 5.39. The van der Waals surface area contributed by atoms with Crippen molar-refractivity contribution in [2.45, 2.75) is 19.4 Å². The Labute approximate surface area is 164 Å². The number of H-pyrrole nitrogens is 1. The summed E-state index contributed by atoms with van der Waals surface area (Å²) in [7, 11) is 0. The maximum absolute atomic E-state index is 12.9. The van der Waals surface area contributed by atoms with E-state index in [4.69, 9.17) is 4.74 Å². The van der Waals surface area contributed by atoms with Crippen LogP contribution in [-0.4, -0.2) is 40.6 Å².